The van der Waals surface area contributed by atoms with Gasteiger partial charge >= 0.3 is 0 Å². The number of rotatable bonds is 9. The van der Waals surface area contributed by atoms with Crippen LogP contribution in [0.15, 0.2) is 83.1 Å². The normalized spacial score (nSPS) is 11.5. The van der Waals surface area contributed by atoms with Crippen LogP contribution in [0.1, 0.15) is 23.7 Å². The van der Waals surface area contributed by atoms with Gasteiger partial charge in [-0.15, -0.1) is 23.1 Å². The number of amides is 2. The molecule has 1 unspecified atom stereocenters. The number of thioether (sulfide) groups is 1. The molecule has 0 radical (unpaired) electrons. The van der Waals surface area contributed by atoms with Gasteiger partial charge in [0.1, 0.15) is 5.75 Å². The summed E-state index contributed by atoms with van der Waals surface area (Å²) >= 11 is 8.80. The van der Waals surface area contributed by atoms with Crippen LogP contribution in [0.3, 0.4) is 0 Å². The third-order valence-electron chi connectivity index (χ3n) is 5.24. The van der Waals surface area contributed by atoms with Gasteiger partial charge in [-0.25, -0.2) is 4.98 Å². The van der Waals surface area contributed by atoms with E-state index in [4.69, 9.17) is 16.3 Å². The van der Waals surface area contributed by atoms with E-state index in [-0.39, 0.29) is 17.1 Å². The average molecular weight is 538 g/mol. The lowest BCUT2D eigenvalue weighted by Gasteiger charge is -2.14. The number of aromatic nitrogens is 1. The minimum atomic E-state index is -0.331. The van der Waals surface area contributed by atoms with Crippen LogP contribution in [-0.2, 0) is 4.79 Å². The van der Waals surface area contributed by atoms with E-state index in [1.165, 1.54) is 23.1 Å². The molecule has 2 amide bonds. The first kappa shape index (κ1) is 25.8. The minimum Gasteiger partial charge on any atom is -0.496 e. The van der Waals surface area contributed by atoms with Crippen molar-refractivity contribution in [2.24, 2.45) is 0 Å². The number of halogens is 1. The Morgan fingerprint density at radius 2 is 1.86 bits per heavy atom. The standard InChI is InChI=1S/C27H24ClN3O3S2/c1-3-24(26(33)31-27-30-22(16-35-27)21-12-4-5-13-23(21)34-2)36-20-11-7-10-19(15-20)29-25(32)17-8-6-9-18(28)14-17/h4-16,24H,3H2,1-2H3,(H,29,32)(H,30,31,33). The van der Waals surface area contributed by atoms with Crippen molar-refractivity contribution in [3.05, 3.63) is 88.8 Å². The fourth-order valence-corrected chi connectivity index (χ4v) is 5.38. The number of hydrogen-bond acceptors (Lipinski definition) is 6. The molecule has 0 spiro atoms. The van der Waals surface area contributed by atoms with Gasteiger partial charge in [-0.05, 0) is 55.0 Å². The van der Waals surface area contributed by atoms with E-state index in [0.29, 0.717) is 27.8 Å². The SMILES string of the molecule is CCC(Sc1cccc(NC(=O)c2cccc(Cl)c2)c1)C(=O)Nc1nc(-c2ccccc2OC)cs1. The Morgan fingerprint density at radius 3 is 2.64 bits per heavy atom. The highest BCUT2D eigenvalue weighted by atomic mass is 35.5. The lowest BCUT2D eigenvalue weighted by Crippen LogP contribution is -2.24. The number of anilines is 2. The molecule has 0 aliphatic carbocycles. The van der Waals surface area contributed by atoms with Crippen molar-refractivity contribution in [2.75, 3.05) is 17.7 Å². The summed E-state index contributed by atoms with van der Waals surface area (Å²) in [5.41, 5.74) is 2.73. The topological polar surface area (TPSA) is 80.3 Å². The van der Waals surface area contributed by atoms with Gasteiger partial charge in [-0.2, -0.15) is 0 Å². The highest BCUT2D eigenvalue weighted by Crippen LogP contribution is 2.33. The third-order valence-corrected chi connectivity index (χ3v) is 7.59. The Bertz CT molecular complexity index is 1380. The molecule has 0 fully saturated rings. The maximum absolute atomic E-state index is 13.0. The highest BCUT2D eigenvalue weighted by Gasteiger charge is 2.20. The highest BCUT2D eigenvalue weighted by molar-refractivity contribution is 8.00. The summed E-state index contributed by atoms with van der Waals surface area (Å²) < 4.78 is 5.42. The van der Waals surface area contributed by atoms with Crippen LogP contribution >= 0.6 is 34.7 Å². The molecule has 0 saturated carbocycles. The monoisotopic (exact) mass is 537 g/mol. The molecule has 1 heterocycles. The summed E-state index contributed by atoms with van der Waals surface area (Å²) in [5, 5.41) is 8.42. The second-order valence-electron chi connectivity index (χ2n) is 7.73. The fraction of sp³-hybridized carbons (Fsp3) is 0.148. The fourth-order valence-electron chi connectivity index (χ4n) is 3.46. The summed E-state index contributed by atoms with van der Waals surface area (Å²) in [6.07, 6.45) is 0.625. The maximum Gasteiger partial charge on any atom is 0.255 e. The molecule has 1 atom stereocenters. The molecule has 184 valence electrons. The van der Waals surface area contributed by atoms with Crippen molar-refractivity contribution in [2.45, 2.75) is 23.5 Å². The molecule has 4 rings (SSSR count). The molecule has 9 heteroatoms. The van der Waals surface area contributed by atoms with Gasteiger partial charge in [-0.3, -0.25) is 9.59 Å². The van der Waals surface area contributed by atoms with Crippen molar-refractivity contribution in [3.8, 4) is 17.0 Å². The van der Waals surface area contributed by atoms with Crippen LogP contribution in [0.25, 0.3) is 11.3 Å². The number of carbonyl (C=O) groups excluding carboxylic acids is 2. The maximum atomic E-state index is 13.0. The van der Waals surface area contributed by atoms with Crippen molar-refractivity contribution in [1.29, 1.82) is 0 Å². The Morgan fingerprint density at radius 1 is 1.06 bits per heavy atom. The Balaban J connectivity index is 1.41. The van der Waals surface area contributed by atoms with E-state index in [1.807, 2.05) is 60.8 Å². The van der Waals surface area contributed by atoms with E-state index in [1.54, 1.807) is 31.4 Å². The number of benzene rings is 3. The number of thiazole rings is 1. The molecular formula is C27H24ClN3O3S2. The zero-order valence-corrected chi connectivity index (χ0v) is 22.0. The van der Waals surface area contributed by atoms with Crippen LogP contribution in [-0.4, -0.2) is 29.2 Å². The zero-order valence-electron chi connectivity index (χ0n) is 19.7. The van der Waals surface area contributed by atoms with E-state index < -0.39 is 0 Å². The summed E-state index contributed by atoms with van der Waals surface area (Å²) in [5.74, 6) is 0.348. The van der Waals surface area contributed by atoms with Crippen molar-refractivity contribution in [3.63, 3.8) is 0 Å². The lowest BCUT2D eigenvalue weighted by molar-refractivity contribution is -0.115. The number of hydrogen-bond donors (Lipinski definition) is 2. The third kappa shape index (κ3) is 6.46. The van der Waals surface area contributed by atoms with Crippen LogP contribution in [0.2, 0.25) is 5.02 Å². The molecule has 0 aliphatic rings. The Labute approximate surface area is 223 Å². The second kappa shape index (κ2) is 12.1. The first-order chi connectivity index (χ1) is 17.5. The van der Waals surface area contributed by atoms with E-state index >= 15 is 0 Å². The molecular weight excluding hydrogens is 514 g/mol. The molecule has 0 saturated heterocycles. The van der Waals surface area contributed by atoms with Crippen molar-refractivity contribution in [1.82, 2.24) is 4.98 Å². The number of nitrogens with zero attached hydrogens (tertiary/aromatic N) is 1. The van der Waals surface area contributed by atoms with Gasteiger partial charge in [0.15, 0.2) is 5.13 Å². The van der Waals surface area contributed by atoms with E-state index in [2.05, 4.69) is 15.6 Å². The van der Waals surface area contributed by atoms with Crippen molar-refractivity contribution < 1.29 is 14.3 Å². The second-order valence-corrected chi connectivity index (χ2v) is 10.3. The quantitative estimate of drug-likeness (QED) is 0.220. The smallest absolute Gasteiger partial charge is 0.255 e. The largest absolute Gasteiger partial charge is 0.496 e. The number of ether oxygens (including phenoxy) is 1. The van der Waals surface area contributed by atoms with Gasteiger partial charge in [0.25, 0.3) is 5.91 Å². The summed E-state index contributed by atoms with van der Waals surface area (Å²) in [4.78, 5) is 31.0. The number of nitrogens with one attached hydrogen (secondary N) is 2. The first-order valence-corrected chi connectivity index (χ1v) is 13.3. The molecule has 36 heavy (non-hydrogen) atoms. The van der Waals surface area contributed by atoms with Gasteiger partial charge in [-0.1, -0.05) is 42.8 Å². The molecule has 0 bridgehead atoms. The summed E-state index contributed by atoms with van der Waals surface area (Å²) in [6.45, 7) is 1.96. The van der Waals surface area contributed by atoms with Crippen LogP contribution < -0.4 is 15.4 Å². The average Bonchev–Trinajstić information content (AvgIpc) is 3.35. The lowest BCUT2D eigenvalue weighted by atomic mass is 10.1. The number of para-hydroxylation sites is 1. The molecule has 4 aromatic rings. The first-order valence-electron chi connectivity index (χ1n) is 11.2. The van der Waals surface area contributed by atoms with E-state index in [9.17, 15) is 9.59 Å². The molecule has 2 N–H and O–H groups in total. The van der Waals surface area contributed by atoms with Gasteiger partial charge in [0, 0.05) is 32.1 Å². The molecule has 0 aliphatic heterocycles. The Hall–Kier alpha value is -3.33. The van der Waals surface area contributed by atoms with Crippen LogP contribution in [0.5, 0.6) is 5.75 Å². The van der Waals surface area contributed by atoms with Gasteiger partial charge in [0.2, 0.25) is 5.91 Å². The Kier molecular flexibility index (Phi) is 8.64. The van der Waals surface area contributed by atoms with Crippen LogP contribution in [0.4, 0.5) is 10.8 Å². The predicted molar refractivity (Wildman–Crippen MR) is 149 cm³/mol. The van der Waals surface area contributed by atoms with Crippen LogP contribution in [0, 0.1) is 0 Å². The zero-order chi connectivity index (χ0) is 25.5. The molecule has 1 aromatic heterocycles. The number of methoxy groups -OCH3 is 1. The van der Waals surface area contributed by atoms with Crippen molar-refractivity contribution >= 4 is 57.3 Å². The van der Waals surface area contributed by atoms with E-state index in [0.717, 1.165) is 21.9 Å². The molecule has 3 aromatic carbocycles. The summed E-state index contributed by atoms with van der Waals surface area (Å²) in [6, 6.07) is 21.8. The van der Waals surface area contributed by atoms with Gasteiger partial charge < -0.3 is 15.4 Å². The molecule has 6 nitrogen and oxygen atoms in total. The predicted octanol–water partition coefficient (Wildman–Crippen LogP) is 7.23. The minimum absolute atomic E-state index is 0.128. The number of carbonyl (C=O) groups is 2. The summed E-state index contributed by atoms with van der Waals surface area (Å²) in [7, 11) is 1.62. The van der Waals surface area contributed by atoms with Gasteiger partial charge in [0.05, 0.1) is 18.1 Å².